The second-order valence-electron chi connectivity index (χ2n) is 6.98. The molecule has 0 unspecified atom stereocenters. The summed E-state index contributed by atoms with van der Waals surface area (Å²) in [4.78, 5) is 26.4. The number of nitrogens with one attached hydrogen (secondary N) is 1. The number of nitrogens with zero attached hydrogens (tertiary/aromatic N) is 1. The lowest BCUT2D eigenvalue weighted by molar-refractivity contribution is -0.142. The van der Waals surface area contributed by atoms with E-state index in [0.717, 1.165) is 22.4 Å². The molecule has 0 saturated carbocycles. The number of benzene rings is 3. The van der Waals surface area contributed by atoms with Crippen molar-refractivity contribution in [3.05, 3.63) is 90.5 Å². The maximum absolute atomic E-state index is 12.7. The molecule has 154 valence electrons. The first-order valence-corrected chi connectivity index (χ1v) is 9.93. The van der Waals surface area contributed by atoms with Crippen molar-refractivity contribution in [1.29, 1.82) is 0 Å². The minimum atomic E-state index is -0.319. The summed E-state index contributed by atoms with van der Waals surface area (Å²) < 4.78 is 4.80. The van der Waals surface area contributed by atoms with E-state index in [2.05, 4.69) is 5.32 Å². The highest BCUT2D eigenvalue weighted by Crippen LogP contribution is 2.27. The molecule has 0 fully saturated rings. The molecular weight excluding hydrogens is 376 g/mol. The number of ether oxygens (including phenoxy) is 1. The maximum atomic E-state index is 12.7. The summed E-state index contributed by atoms with van der Waals surface area (Å²) in [5, 5.41) is 3.01. The fraction of sp³-hybridized carbons (Fsp3) is 0.200. The molecule has 0 radical (unpaired) electrons. The average molecular weight is 402 g/mol. The van der Waals surface area contributed by atoms with Crippen molar-refractivity contribution in [2.75, 3.05) is 25.5 Å². The van der Waals surface area contributed by atoms with Crippen molar-refractivity contribution in [1.82, 2.24) is 4.90 Å². The molecule has 3 aromatic carbocycles. The van der Waals surface area contributed by atoms with Crippen LogP contribution < -0.4 is 5.32 Å². The molecule has 1 amide bonds. The van der Waals surface area contributed by atoms with E-state index in [1.165, 1.54) is 7.11 Å². The number of esters is 1. The molecule has 30 heavy (non-hydrogen) atoms. The number of anilines is 1. The van der Waals surface area contributed by atoms with Crippen LogP contribution in [0.4, 0.5) is 5.69 Å². The Morgan fingerprint density at radius 2 is 1.50 bits per heavy atom. The molecule has 5 nitrogen and oxygen atoms in total. The van der Waals surface area contributed by atoms with E-state index in [4.69, 9.17) is 4.74 Å². The summed E-state index contributed by atoms with van der Waals surface area (Å²) in [6, 6.07) is 27.6. The van der Waals surface area contributed by atoms with Crippen LogP contribution in [0.3, 0.4) is 0 Å². The van der Waals surface area contributed by atoms with Gasteiger partial charge in [-0.05, 0) is 17.2 Å². The highest BCUT2D eigenvalue weighted by Gasteiger charge is 2.14. The Hall–Kier alpha value is -3.44. The monoisotopic (exact) mass is 402 g/mol. The van der Waals surface area contributed by atoms with E-state index in [-0.39, 0.29) is 24.8 Å². The predicted octanol–water partition coefficient (Wildman–Crippen LogP) is 4.36. The molecule has 0 heterocycles. The van der Waals surface area contributed by atoms with Crippen LogP contribution >= 0.6 is 0 Å². The highest BCUT2D eigenvalue weighted by molar-refractivity contribution is 5.95. The second kappa shape index (κ2) is 10.9. The molecule has 0 atom stereocenters. The molecule has 0 spiro atoms. The lowest BCUT2D eigenvalue weighted by atomic mass is 10.0. The first-order valence-electron chi connectivity index (χ1n) is 9.93. The first-order chi connectivity index (χ1) is 14.7. The van der Waals surface area contributed by atoms with Crippen molar-refractivity contribution >= 4 is 17.6 Å². The van der Waals surface area contributed by atoms with Gasteiger partial charge in [0.05, 0.1) is 13.7 Å². The van der Waals surface area contributed by atoms with E-state index in [1.807, 2.05) is 89.8 Å². The maximum Gasteiger partial charge on any atom is 0.319 e. The van der Waals surface area contributed by atoms with Crippen molar-refractivity contribution in [3.8, 4) is 11.1 Å². The SMILES string of the molecule is COC(=O)CN(CCC(=O)Nc1ccccc1-c1ccccc1)Cc1ccccc1. The molecular formula is C25H26N2O3. The normalized spacial score (nSPS) is 10.6. The van der Waals surface area contributed by atoms with Gasteiger partial charge in [-0.3, -0.25) is 14.5 Å². The van der Waals surface area contributed by atoms with E-state index < -0.39 is 0 Å². The zero-order valence-electron chi connectivity index (χ0n) is 17.1. The topological polar surface area (TPSA) is 58.6 Å². The number of rotatable bonds is 9. The molecule has 3 rings (SSSR count). The number of methoxy groups -OCH3 is 1. The zero-order valence-corrected chi connectivity index (χ0v) is 17.1. The summed E-state index contributed by atoms with van der Waals surface area (Å²) in [7, 11) is 1.37. The van der Waals surface area contributed by atoms with Gasteiger partial charge in [-0.15, -0.1) is 0 Å². The summed E-state index contributed by atoms with van der Waals surface area (Å²) in [6.45, 7) is 1.16. The number of carbonyl (C=O) groups is 2. The smallest absolute Gasteiger partial charge is 0.319 e. The number of para-hydroxylation sites is 1. The van der Waals surface area contributed by atoms with E-state index in [0.29, 0.717) is 13.1 Å². The van der Waals surface area contributed by atoms with E-state index in [1.54, 1.807) is 0 Å². The van der Waals surface area contributed by atoms with Crippen LogP contribution in [0.25, 0.3) is 11.1 Å². The molecule has 0 aliphatic rings. The molecule has 0 aliphatic heterocycles. The quantitative estimate of drug-likeness (QED) is 0.541. The van der Waals surface area contributed by atoms with Gasteiger partial charge in [0.1, 0.15) is 0 Å². The van der Waals surface area contributed by atoms with Crippen LogP contribution in [0.15, 0.2) is 84.9 Å². The predicted molar refractivity (Wildman–Crippen MR) is 119 cm³/mol. The first kappa shape index (κ1) is 21.3. The van der Waals surface area contributed by atoms with Gasteiger partial charge in [0.15, 0.2) is 0 Å². The van der Waals surface area contributed by atoms with Gasteiger partial charge in [0.25, 0.3) is 0 Å². The van der Waals surface area contributed by atoms with Crippen molar-refractivity contribution in [3.63, 3.8) is 0 Å². The third-order valence-electron chi connectivity index (χ3n) is 4.77. The highest BCUT2D eigenvalue weighted by atomic mass is 16.5. The molecule has 0 aliphatic carbocycles. The third kappa shape index (κ3) is 6.29. The number of hydrogen-bond acceptors (Lipinski definition) is 4. The number of carbonyl (C=O) groups excluding carboxylic acids is 2. The van der Waals surface area contributed by atoms with Crippen LogP contribution in [-0.4, -0.2) is 37.0 Å². The van der Waals surface area contributed by atoms with Gasteiger partial charge in [0, 0.05) is 30.8 Å². The Bertz CT molecular complexity index is 958. The van der Waals surface area contributed by atoms with E-state index >= 15 is 0 Å². The standard InChI is InChI=1S/C25H26N2O3/c1-30-25(29)19-27(18-20-10-4-2-5-11-20)17-16-24(28)26-23-15-9-8-14-22(23)21-12-6-3-7-13-21/h2-15H,16-19H2,1H3,(H,26,28). The Labute approximate surface area is 177 Å². The fourth-order valence-corrected chi connectivity index (χ4v) is 3.24. The third-order valence-corrected chi connectivity index (χ3v) is 4.77. The molecule has 0 aromatic heterocycles. The zero-order chi connectivity index (χ0) is 21.2. The lowest BCUT2D eigenvalue weighted by Crippen LogP contribution is -2.33. The minimum absolute atomic E-state index is 0.0960. The summed E-state index contributed by atoms with van der Waals surface area (Å²) >= 11 is 0. The van der Waals surface area contributed by atoms with Crippen LogP contribution in [-0.2, 0) is 20.9 Å². The molecule has 3 aromatic rings. The Balaban J connectivity index is 1.64. The van der Waals surface area contributed by atoms with Crippen LogP contribution in [0.1, 0.15) is 12.0 Å². The van der Waals surface area contributed by atoms with Gasteiger partial charge in [-0.1, -0.05) is 78.9 Å². The number of hydrogen-bond donors (Lipinski definition) is 1. The Morgan fingerprint density at radius 1 is 0.867 bits per heavy atom. The van der Waals surface area contributed by atoms with Gasteiger partial charge in [-0.2, -0.15) is 0 Å². The lowest BCUT2D eigenvalue weighted by Gasteiger charge is -2.21. The fourth-order valence-electron chi connectivity index (χ4n) is 3.24. The van der Waals surface area contributed by atoms with Crippen molar-refractivity contribution < 1.29 is 14.3 Å². The average Bonchev–Trinajstić information content (AvgIpc) is 2.79. The van der Waals surface area contributed by atoms with Crippen molar-refractivity contribution in [2.45, 2.75) is 13.0 Å². The molecule has 5 heteroatoms. The summed E-state index contributed by atoms with van der Waals surface area (Å²) in [5.41, 5.74) is 3.87. The molecule has 1 N–H and O–H groups in total. The molecule has 0 saturated heterocycles. The van der Waals surface area contributed by atoms with Crippen LogP contribution in [0.5, 0.6) is 0 Å². The Morgan fingerprint density at radius 3 is 2.20 bits per heavy atom. The largest absolute Gasteiger partial charge is 0.468 e. The second-order valence-corrected chi connectivity index (χ2v) is 6.98. The molecule has 0 bridgehead atoms. The van der Waals surface area contributed by atoms with Crippen LogP contribution in [0, 0.1) is 0 Å². The summed E-state index contributed by atoms with van der Waals surface area (Å²) in [6.07, 6.45) is 0.271. The Kier molecular flexibility index (Phi) is 7.75. The van der Waals surface area contributed by atoms with Crippen LogP contribution in [0.2, 0.25) is 0 Å². The van der Waals surface area contributed by atoms with Gasteiger partial charge >= 0.3 is 5.97 Å². The number of amides is 1. The van der Waals surface area contributed by atoms with Crippen molar-refractivity contribution in [2.24, 2.45) is 0 Å². The van der Waals surface area contributed by atoms with Gasteiger partial charge < -0.3 is 10.1 Å². The van der Waals surface area contributed by atoms with Gasteiger partial charge in [0.2, 0.25) is 5.91 Å². The summed E-state index contributed by atoms with van der Waals surface area (Å²) in [5.74, 6) is -0.415. The minimum Gasteiger partial charge on any atom is -0.468 e. The van der Waals surface area contributed by atoms with Gasteiger partial charge in [-0.25, -0.2) is 0 Å². The van der Waals surface area contributed by atoms with E-state index in [9.17, 15) is 9.59 Å².